The van der Waals surface area contributed by atoms with Gasteiger partial charge in [-0.25, -0.2) is 0 Å². The zero-order chi connectivity index (χ0) is 11.0. The number of hydrogen-bond donors (Lipinski definition) is 1. The van der Waals surface area contributed by atoms with Gasteiger partial charge in [0.25, 0.3) is 0 Å². The normalized spacial score (nSPS) is 18.6. The first-order valence-corrected chi connectivity index (χ1v) is 5.54. The molecule has 1 aliphatic heterocycles. The zero-order valence-electron chi connectivity index (χ0n) is 9.01. The average Bonchev–Trinajstić information content (AvgIpc) is 2.66. The maximum absolute atomic E-state index is 6.19. The summed E-state index contributed by atoms with van der Waals surface area (Å²) >= 11 is 0. The molecule has 3 rings (SSSR count). The smallest absolute Gasteiger partial charge is 0.0861 e. The van der Waals surface area contributed by atoms with Crippen molar-refractivity contribution in [3.8, 4) is 0 Å². The maximum atomic E-state index is 6.19. The Labute approximate surface area is 95.3 Å². The Hall–Kier alpha value is -1.80. The van der Waals surface area contributed by atoms with E-state index in [1.807, 2.05) is 18.2 Å². The predicted octanol–water partition coefficient (Wildman–Crippen LogP) is 2.67. The van der Waals surface area contributed by atoms with Gasteiger partial charge in [0.15, 0.2) is 0 Å². The molecule has 0 bridgehead atoms. The second-order valence-corrected chi connectivity index (χ2v) is 4.11. The van der Waals surface area contributed by atoms with Crippen molar-refractivity contribution < 1.29 is 0 Å². The lowest BCUT2D eigenvalue weighted by Crippen LogP contribution is -2.35. The van der Waals surface area contributed by atoms with E-state index in [0.717, 1.165) is 6.42 Å². The van der Waals surface area contributed by atoms with Gasteiger partial charge in [-0.3, -0.25) is 0 Å². The van der Waals surface area contributed by atoms with Crippen molar-refractivity contribution in [1.82, 2.24) is 0 Å². The number of anilines is 2. The highest BCUT2D eigenvalue weighted by Crippen LogP contribution is 2.36. The van der Waals surface area contributed by atoms with E-state index in [-0.39, 0.29) is 6.17 Å². The number of fused-ring (bicyclic) bond motifs is 1. The SMILES string of the molecule is NC1Cc2ccccc2N1c1ccccc1. The van der Waals surface area contributed by atoms with Crippen LogP contribution in [-0.2, 0) is 6.42 Å². The van der Waals surface area contributed by atoms with Gasteiger partial charge < -0.3 is 10.6 Å². The van der Waals surface area contributed by atoms with Crippen molar-refractivity contribution in [2.45, 2.75) is 12.6 Å². The molecule has 0 radical (unpaired) electrons. The van der Waals surface area contributed by atoms with Gasteiger partial charge in [0.2, 0.25) is 0 Å². The van der Waals surface area contributed by atoms with Gasteiger partial charge in [0, 0.05) is 17.8 Å². The number of para-hydroxylation sites is 2. The molecule has 0 spiro atoms. The van der Waals surface area contributed by atoms with Gasteiger partial charge in [-0.05, 0) is 23.8 Å². The minimum absolute atomic E-state index is 0.0554. The third-order valence-corrected chi connectivity index (χ3v) is 3.05. The summed E-state index contributed by atoms with van der Waals surface area (Å²) in [5.41, 5.74) is 9.92. The fraction of sp³-hybridized carbons (Fsp3) is 0.143. The van der Waals surface area contributed by atoms with Crippen LogP contribution in [0.3, 0.4) is 0 Å². The van der Waals surface area contributed by atoms with E-state index >= 15 is 0 Å². The van der Waals surface area contributed by atoms with E-state index in [0.29, 0.717) is 0 Å². The number of hydrogen-bond acceptors (Lipinski definition) is 2. The van der Waals surface area contributed by atoms with Crippen LogP contribution in [0.15, 0.2) is 54.6 Å². The van der Waals surface area contributed by atoms with Crippen LogP contribution in [0.2, 0.25) is 0 Å². The van der Waals surface area contributed by atoms with Crippen LogP contribution in [0, 0.1) is 0 Å². The third-order valence-electron chi connectivity index (χ3n) is 3.05. The summed E-state index contributed by atoms with van der Waals surface area (Å²) < 4.78 is 0. The quantitative estimate of drug-likeness (QED) is 0.784. The Morgan fingerprint density at radius 3 is 2.44 bits per heavy atom. The summed E-state index contributed by atoms with van der Waals surface area (Å²) in [6, 6.07) is 18.7. The molecule has 0 saturated carbocycles. The van der Waals surface area contributed by atoms with E-state index in [1.54, 1.807) is 0 Å². The Bertz CT molecular complexity index is 493. The van der Waals surface area contributed by atoms with Crippen LogP contribution in [0.1, 0.15) is 5.56 Å². The van der Waals surface area contributed by atoms with Gasteiger partial charge in [0.1, 0.15) is 0 Å². The number of rotatable bonds is 1. The first-order valence-electron chi connectivity index (χ1n) is 5.54. The second kappa shape index (κ2) is 3.65. The Balaban J connectivity index is 2.09. The molecular weight excluding hydrogens is 196 g/mol. The van der Waals surface area contributed by atoms with Crippen molar-refractivity contribution in [3.05, 3.63) is 60.2 Å². The summed E-state index contributed by atoms with van der Waals surface area (Å²) in [6.07, 6.45) is 0.977. The number of nitrogens with two attached hydrogens (primary N) is 1. The van der Waals surface area contributed by atoms with Gasteiger partial charge in [0.05, 0.1) is 6.17 Å². The minimum Gasteiger partial charge on any atom is -0.325 e. The van der Waals surface area contributed by atoms with Crippen molar-refractivity contribution in [1.29, 1.82) is 0 Å². The molecular formula is C14H14N2. The van der Waals surface area contributed by atoms with E-state index in [4.69, 9.17) is 5.73 Å². The molecule has 0 aliphatic carbocycles. The Morgan fingerprint density at radius 1 is 0.938 bits per heavy atom. The first-order chi connectivity index (χ1) is 7.86. The minimum atomic E-state index is 0.0554. The first kappa shape index (κ1) is 9.43. The largest absolute Gasteiger partial charge is 0.325 e. The lowest BCUT2D eigenvalue weighted by molar-refractivity contribution is 0.723. The summed E-state index contributed by atoms with van der Waals surface area (Å²) in [6.45, 7) is 0. The van der Waals surface area contributed by atoms with Crippen molar-refractivity contribution in [2.24, 2.45) is 5.73 Å². The van der Waals surface area contributed by atoms with Crippen LogP contribution in [-0.4, -0.2) is 6.17 Å². The fourth-order valence-corrected chi connectivity index (χ4v) is 2.33. The molecule has 1 atom stereocenters. The van der Waals surface area contributed by atoms with Crippen LogP contribution >= 0.6 is 0 Å². The highest BCUT2D eigenvalue weighted by molar-refractivity contribution is 5.70. The molecule has 2 N–H and O–H groups in total. The topological polar surface area (TPSA) is 29.3 Å². The van der Waals surface area contributed by atoms with Crippen molar-refractivity contribution >= 4 is 11.4 Å². The molecule has 2 nitrogen and oxygen atoms in total. The van der Waals surface area contributed by atoms with Crippen molar-refractivity contribution in [3.63, 3.8) is 0 Å². The molecule has 1 aliphatic rings. The molecule has 0 aromatic heterocycles. The molecule has 2 heteroatoms. The van der Waals surface area contributed by atoms with Crippen LogP contribution < -0.4 is 10.6 Å². The lowest BCUT2D eigenvalue weighted by atomic mass is 10.1. The second-order valence-electron chi connectivity index (χ2n) is 4.11. The van der Waals surface area contributed by atoms with E-state index in [1.165, 1.54) is 16.9 Å². The molecule has 0 fully saturated rings. The number of benzene rings is 2. The van der Waals surface area contributed by atoms with Gasteiger partial charge in [-0.15, -0.1) is 0 Å². The van der Waals surface area contributed by atoms with Crippen molar-refractivity contribution in [2.75, 3.05) is 4.90 Å². The molecule has 2 aromatic carbocycles. The summed E-state index contributed by atoms with van der Waals surface area (Å²) in [4.78, 5) is 2.20. The highest BCUT2D eigenvalue weighted by atomic mass is 15.2. The fourth-order valence-electron chi connectivity index (χ4n) is 2.33. The van der Waals surface area contributed by atoms with E-state index in [2.05, 4.69) is 41.3 Å². The predicted molar refractivity (Wildman–Crippen MR) is 66.7 cm³/mol. The standard InChI is InChI=1S/C14H14N2/c15-14-10-11-6-4-5-9-13(11)16(14)12-7-2-1-3-8-12/h1-9,14H,10,15H2. The molecule has 80 valence electrons. The summed E-state index contributed by atoms with van der Waals surface area (Å²) in [7, 11) is 0. The van der Waals surface area contributed by atoms with E-state index in [9.17, 15) is 0 Å². The Morgan fingerprint density at radius 2 is 1.62 bits per heavy atom. The van der Waals surface area contributed by atoms with Gasteiger partial charge in [-0.2, -0.15) is 0 Å². The maximum Gasteiger partial charge on any atom is 0.0861 e. The summed E-state index contributed by atoms with van der Waals surface area (Å²) in [5, 5.41) is 0. The molecule has 1 unspecified atom stereocenters. The van der Waals surface area contributed by atoms with Crippen LogP contribution in [0.25, 0.3) is 0 Å². The molecule has 0 saturated heterocycles. The zero-order valence-corrected chi connectivity index (χ0v) is 9.01. The molecule has 2 aromatic rings. The molecule has 1 heterocycles. The number of nitrogens with zero attached hydrogens (tertiary/aromatic N) is 1. The molecule has 0 amide bonds. The average molecular weight is 210 g/mol. The van der Waals surface area contributed by atoms with Crippen LogP contribution in [0.5, 0.6) is 0 Å². The summed E-state index contributed by atoms with van der Waals surface area (Å²) in [5.74, 6) is 0. The third kappa shape index (κ3) is 1.39. The molecule has 16 heavy (non-hydrogen) atoms. The van der Waals surface area contributed by atoms with Gasteiger partial charge in [-0.1, -0.05) is 36.4 Å². The lowest BCUT2D eigenvalue weighted by Gasteiger charge is -2.24. The Kier molecular flexibility index (Phi) is 2.15. The van der Waals surface area contributed by atoms with E-state index < -0.39 is 0 Å². The monoisotopic (exact) mass is 210 g/mol. The highest BCUT2D eigenvalue weighted by Gasteiger charge is 2.26. The van der Waals surface area contributed by atoms with Crippen LogP contribution in [0.4, 0.5) is 11.4 Å². The van der Waals surface area contributed by atoms with Gasteiger partial charge >= 0.3 is 0 Å².